The minimum absolute atomic E-state index is 0.317. The molecule has 54 valence electrons. The van der Waals surface area contributed by atoms with Gasteiger partial charge in [0.05, 0.1) is 0 Å². The molecule has 0 spiro atoms. The largest absolute Gasteiger partial charge is 0.322 e. The maximum Gasteiger partial charge on any atom is 0.266 e. The molecule has 0 aromatic rings. The first-order chi connectivity index (χ1) is 5.29. The van der Waals surface area contributed by atoms with Crippen LogP contribution < -0.4 is 0 Å². The Morgan fingerprint density at radius 2 is 1.55 bits per heavy atom. The number of hydrogen-bond donors (Lipinski definition) is 0. The van der Waals surface area contributed by atoms with Crippen LogP contribution in [0.5, 0.6) is 0 Å². The molecule has 4 nitrogen and oxygen atoms in total. The fraction of sp³-hybridized carbons (Fsp3) is 0.400. The molecular weight excluding hydrogens is 138 g/mol. The number of rotatable bonds is 0. The molecule has 0 N–H and O–H groups in total. The summed E-state index contributed by atoms with van der Waals surface area (Å²) in [5.41, 5.74) is 0. The summed E-state index contributed by atoms with van der Waals surface area (Å²) in [5, 5.41) is 7.68. The second kappa shape index (κ2) is 2.46. The highest BCUT2D eigenvalue weighted by Gasteiger charge is 2.43. The Kier molecular flexibility index (Phi) is 1.58. The van der Waals surface area contributed by atoms with E-state index in [0.29, 0.717) is 13.5 Å². The lowest BCUT2D eigenvalue weighted by Crippen LogP contribution is -2.48. The van der Waals surface area contributed by atoms with E-state index in [0.717, 1.165) is 0 Å². The number of hydrogen-bond acceptors (Lipinski definition) is 4. The molecule has 6 heteroatoms. The van der Waals surface area contributed by atoms with Gasteiger partial charge in [-0.3, -0.25) is 0 Å². The van der Waals surface area contributed by atoms with Crippen LogP contribution in [0.2, 0.25) is 0 Å². The molecule has 2 heterocycles. The molecule has 1 fully saturated rings. The maximum absolute atomic E-state index is 3.84. The first-order valence-corrected chi connectivity index (χ1v) is 3.57. The topological polar surface area (TPSA) is 31.2 Å². The average molecular weight is 146 g/mol. The van der Waals surface area contributed by atoms with E-state index in [1.807, 2.05) is 35.9 Å². The molecule has 0 aliphatic carbocycles. The van der Waals surface area contributed by atoms with E-state index in [9.17, 15) is 0 Å². The quantitative estimate of drug-likeness (QED) is 0.413. The highest BCUT2D eigenvalue weighted by Crippen LogP contribution is 2.13. The summed E-state index contributed by atoms with van der Waals surface area (Å²) in [7, 11) is 3.98. The first-order valence-electron chi connectivity index (χ1n) is 3.57. The van der Waals surface area contributed by atoms with Crippen molar-refractivity contribution < 1.29 is 0 Å². The van der Waals surface area contributed by atoms with Gasteiger partial charge in [0.1, 0.15) is 6.67 Å². The Bertz CT molecular complexity index is 195. The van der Waals surface area contributed by atoms with E-state index >= 15 is 0 Å². The molecule has 2 rings (SSSR count). The second-order valence-electron chi connectivity index (χ2n) is 2.83. The molecule has 0 saturated carbocycles. The van der Waals surface area contributed by atoms with E-state index in [4.69, 9.17) is 0 Å². The van der Waals surface area contributed by atoms with E-state index in [1.165, 1.54) is 0 Å². The number of nitrogens with zero attached hydrogens (tertiary/aromatic N) is 4. The van der Waals surface area contributed by atoms with Gasteiger partial charge in [0.25, 0.3) is 13.5 Å². The average Bonchev–Trinajstić information content (AvgIpc) is 2.30. The minimum Gasteiger partial charge on any atom is -0.322 e. The standard InChI is InChI=1S/C5H8B2N4/c1-10-5-11(2)7-4-9-8-3-6(7)10/h3-4H,1-2H3. The lowest BCUT2D eigenvalue weighted by atomic mass is 9.21. The lowest BCUT2D eigenvalue weighted by molar-refractivity contribution is 0.501. The molecular formula is C5H8B2N4. The third-order valence-electron chi connectivity index (χ3n) is 2.07. The van der Waals surface area contributed by atoms with Crippen molar-refractivity contribution in [3.8, 4) is 0 Å². The Labute approximate surface area is 67.1 Å². The Morgan fingerprint density at radius 3 is 2.00 bits per heavy atom. The van der Waals surface area contributed by atoms with Crippen molar-refractivity contribution in [2.75, 3.05) is 14.1 Å². The van der Waals surface area contributed by atoms with E-state index in [-0.39, 0.29) is 0 Å². The predicted molar refractivity (Wildman–Crippen MR) is 47.3 cm³/mol. The minimum atomic E-state index is 0.317. The molecule has 0 unspecified atom stereocenters. The SMILES string of the molecule is CN1[C]N(C)B2C=NN=CB21. The Hall–Kier alpha value is -0.610. The van der Waals surface area contributed by atoms with Crippen molar-refractivity contribution in [3.05, 3.63) is 6.67 Å². The summed E-state index contributed by atoms with van der Waals surface area (Å²) in [5.74, 6) is 0. The van der Waals surface area contributed by atoms with Crippen molar-refractivity contribution in [2.24, 2.45) is 10.2 Å². The van der Waals surface area contributed by atoms with Crippen LogP contribution in [0.1, 0.15) is 0 Å². The van der Waals surface area contributed by atoms with Gasteiger partial charge in [-0.25, -0.2) is 0 Å². The van der Waals surface area contributed by atoms with Gasteiger partial charge >= 0.3 is 0 Å². The summed E-state index contributed by atoms with van der Waals surface area (Å²) >= 11 is 0. The van der Waals surface area contributed by atoms with Crippen LogP contribution in [0.25, 0.3) is 0 Å². The van der Waals surface area contributed by atoms with Crippen molar-refractivity contribution >= 4 is 25.7 Å². The molecule has 2 radical (unpaired) electrons. The molecule has 0 aromatic carbocycles. The van der Waals surface area contributed by atoms with Gasteiger partial charge in [-0.15, -0.1) is 0 Å². The van der Waals surface area contributed by atoms with E-state index in [1.54, 1.807) is 0 Å². The Balaban J connectivity index is 2.23. The van der Waals surface area contributed by atoms with Crippen LogP contribution in [0, 0.1) is 6.67 Å². The highest BCUT2D eigenvalue weighted by molar-refractivity contribution is 7.40. The van der Waals surface area contributed by atoms with Gasteiger partial charge in [0.15, 0.2) is 0 Å². The van der Waals surface area contributed by atoms with Crippen LogP contribution in [0.4, 0.5) is 0 Å². The van der Waals surface area contributed by atoms with E-state index < -0.39 is 0 Å². The molecule has 2 aliphatic heterocycles. The Morgan fingerprint density at radius 1 is 1.09 bits per heavy atom. The smallest absolute Gasteiger partial charge is 0.266 e. The van der Waals surface area contributed by atoms with Gasteiger partial charge in [0.2, 0.25) is 0 Å². The van der Waals surface area contributed by atoms with Crippen molar-refractivity contribution in [1.82, 2.24) is 9.62 Å². The lowest BCUT2D eigenvalue weighted by Gasteiger charge is -2.12. The van der Waals surface area contributed by atoms with Crippen LogP contribution in [0.3, 0.4) is 0 Å². The van der Waals surface area contributed by atoms with Gasteiger partial charge in [-0.05, 0) is 14.1 Å². The molecule has 2 aliphatic rings. The highest BCUT2D eigenvalue weighted by atomic mass is 15.3. The summed E-state index contributed by atoms with van der Waals surface area (Å²) in [6.07, 6.45) is 3.70. The van der Waals surface area contributed by atoms with Gasteiger partial charge in [-0.1, -0.05) is 0 Å². The monoisotopic (exact) mass is 146 g/mol. The third kappa shape index (κ3) is 1.02. The van der Waals surface area contributed by atoms with Crippen LogP contribution in [-0.4, -0.2) is 49.4 Å². The summed E-state index contributed by atoms with van der Waals surface area (Å²) < 4.78 is 0. The molecule has 11 heavy (non-hydrogen) atoms. The predicted octanol–water partition coefficient (Wildman–Crippen LogP) is -0.930. The van der Waals surface area contributed by atoms with Crippen LogP contribution in [-0.2, 0) is 0 Å². The second-order valence-corrected chi connectivity index (χ2v) is 2.83. The molecule has 0 bridgehead atoms. The zero-order valence-electron chi connectivity index (χ0n) is 6.60. The van der Waals surface area contributed by atoms with E-state index in [2.05, 4.69) is 16.9 Å². The molecule has 1 saturated heterocycles. The molecule has 0 amide bonds. The fourth-order valence-electron chi connectivity index (χ4n) is 1.43. The van der Waals surface area contributed by atoms with Gasteiger partial charge in [0, 0.05) is 12.2 Å². The van der Waals surface area contributed by atoms with Crippen LogP contribution >= 0.6 is 0 Å². The summed E-state index contributed by atoms with van der Waals surface area (Å²) in [4.78, 5) is 4.03. The zero-order chi connectivity index (χ0) is 7.84. The zero-order valence-corrected chi connectivity index (χ0v) is 6.60. The number of fused-ring (bicyclic) bond motifs is 1. The molecule has 0 atom stereocenters. The van der Waals surface area contributed by atoms with Crippen molar-refractivity contribution in [3.63, 3.8) is 0 Å². The first kappa shape index (κ1) is 7.06. The van der Waals surface area contributed by atoms with Gasteiger partial charge < -0.3 is 9.62 Å². The molecule has 0 aromatic heterocycles. The third-order valence-corrected chi connectivity index (χ3v) is 2.07. The summed E-state index contributed by atoms with van der Waals surface area (Å²) in [6.45, 7) is 3.78. The van der Waals surface area contributed by atoms with Crippen molar-refractivity contribution in [2.45, 2.75) is 0 Å². The van der Waals surface area contributed by atoms with Crippen molar-refractivity contribution in [1.29, 1.82) is 0 Å². The fourth-order valence-corrected chi connectivity index (χ4v) is 1.43. The normalized spacial score (nSPS) is 24.9. The summed E-state index contributed by atoms with van der Waals surface area (Å²) in [6, 6.07) is 0. The van der Waals surface area contributed by atoms with Gasteiger partial charge in [-0.2, -0.15) is 10.2 Å². The maximum atomic E-state index is 3.84. The van der Waals surface area contributed by atoms with Crippen LogP contribution in [0.15, 0.2) is 10.2 Å².